The lowest BCUT2D eigenvalue weighted by Gasteiger charge is -2.64. The summed E-state index contributed by atoms with van der Waals surface area (Å²) in [5.41, 5.74) is 1.39. The molecule has 0 spiro atoms. The van der Waals surface area contributed by atoms with Crippen molar-refractivity contribution in [3.8, 4) is 0 Å². The van der Waals surface area contributed by atoms with Gasteiger partial charge in [-0.25, -0.2) is 0 Å². The summed E-state index contributed by atoms with van der Waals surface area (Å²) < 4.78 is 0. The summed E-state index contributed by atoms with van der Waals surface area (Å²) in [7, 11) is 0. The third-order valence-corrected chi connectivity index (χ3v) is 7.54. The molecule has 0 aromatic heterocycles. The van der Waals surface area contributed by atoms with Crippen molar-refractivity contribution in [2.45, 2.75) is 90.5 Å². The lowest BCUT2D eigenvalue weighted by molar-refractivity contribution is -0.126. The monoisotopic (exact) mass is 289 g/mol. The van der Waals surface area contributed by atoms with E-state index in [2.05, 4.69) is 19.2 Å². The zero-order valence-electron chi connectivity index (χ0n) is 14.3. The van der Waals surface area contributed by atoms with Crippen LogP contribution in [0.2, 0.25) is 0 Å². The Morgan fingerprint density at radius 2 is 1.71 bits per heavy atom. The van der Waals surface area contributed by atoms with Gasteiger partial charge < -0.3 is 5.32 Å². The van der Waals surface area contributed by atoms with E-state index in [0.29, 0.717) is 10.8 Å². The van der Waals surface area contributed by atoms with Crippen LogP contribution in [0.25, 0.3) is 0 Å². The van der Waals surface area contributed by atoms with Gasteiger partial charge in [-0.05, 0) is 92.9 Å². The molecular weight excluding hydrogens is 254 g/mol. The van der Waals surface area contributed by atoms with Crippen molar-refractivity contribution in [3.63, 3.8) is 0 Å². The van der Waals surface area contributed by atoms with E-state index in [-0.39, 0.29) is 0 Å². The van der Waals surface area contributed by atoms with Crippen LogP contribution in [-0.4, -0.2) is 12.6 Å². The minimum atomic E-state index is 0.684. The molecule has 0 aliphatic heterocycles. The van der Waals surface area contributed by atoms with Gasteiger partial charge in [-0.2, -0.15) is 0 Å². The highest BCUT2D eigenvalue weighted by atomic mass is 15.0. The second kappa shape index (κ2) is 5.25. The van der Waals surface area contributed by atoms with Crippen LogP contribution in [0.4, 0.5) is 0 Å². The molecule has 5 aliphatic carbocycles. The molecule has 0 aromatic carbocycles. The fraction of sp³-hybridized carbons (Fsp3) is 1.00. The molecule has 5 fully saturated rings. The van der Waals surface area contributed by atoms with Crippen LogP contribution in [0.3, 0.4) is 0 Å². The van der Waals surface area contributed by atoms with Gasteiger partial charge in [-0.1, -0.05) is 26.7 Å². The van der Waals surface area contributed by atoms with Crippen LogP contribution in [0.15, 0.2) is 0 Å². The summed E-state index contributed by atoms with van der Waals surface area (Å²) in [6.45, 7) is 6.21. The zero-order chi connectivity index (χ0) is 14.5. The molecule has 0 radical (unpaired) electrons. The Bertz CT molecular complexity index is 367. The molecule has 1 heteroatoms. The van der Waals surface area contributed by atoms with E-state index in [1.165, 1.54) is 38.6 Å². The molecule has 5 rings (SSSR count). The van der Waals surface area contributed by atoms with E-state index < -0.39 is 0 Å². The van der Waals surface area contributed by atoms with Gasteiger partial charge in [-0.15, -0.1) is 0 Å². The SMILES string of the molecule is CCCNC(C1CCCC1)C12CC3CC(CC(C)(C3)C1)C2. The third kappa shape index (κ3) is 2.48. The largest absolute Gasteiger partial charge is 0.313 e. The minimum absolute atomic E-state index is 0.684. The van der Waals surface area contributed by atoms with Crippen molar-refractivity contribution in [3.05, 3.63) is 0 Å². The molecular formula is C20H35N. The first-order chi connectivity index (χ1) is 10.1. The van der Waals surface area contributed by atoms with Gasteiger partial charge in [0.25, 0.3) is 0 Å². The predicted octanol–water partition coefficient (Wildman–Crippen LogP) is 5.15. The summed E-state index contributed by atoms with van der Waals surface area (Å²) in [6.07, 6.45) is 16.7. The highest BCUT2D eigenvalue weighted by molar-refractivity contribution is 5.11. The zero-order valence-corrected chi connectivity index (χ0v) is 14.3. The van der Waals surface area contributed by atoms with E-state index in [9.17, 15) is 0 Å². The Morgan fingerprint density at radius 3 is 2.29 bits per heavy atom. The molecule has 5 saturated carbocycles. The maximum atomic E-state index is 4.09. The van der Waals surface area contributed by atoms with E-state index in [1.54, 1.807) is 38.5 Å². The lowest BCUT2D eigenvalue weighted by atomic mass is 9.42. The topological polar surface area (TPSA) is 12.0 Å². The Balaban J connectivity index is 1.61. The average molecular weight is 290 g/mol. The molecule has 1 nitrogen and oxygen atoms in total. The molecule has 0 heterocycles. The number of nitrogens with one attached hydrogen (secondary N) is 1. The summed E-state index contributed by atoms with van der Waals surface area (Å²) in [6, 6.07) is 0.852. The van der Waals surface area contributed by atoms with Gasteiger partial charge in [0.15, 0.2) is 0 Å². The first kappa shape index (κ1) is 14.5. The fourth-order valence-corrected chi connectivity index (χ4v) is 7.64. The first-order valence-electron chi connectivity index (χ1n) is 9.86. The molecule has 4 bridgehead atoms. The molecule has 0 saturated heterocycles. The van der Waals surface area contributed by atoms with Crippen LogP contribution in [-0.2, 0) is 0 Å². The van der Waals surface area contributed by atoms with Crippen LogP contribution in [0.5, 0.6) is 0 Å². The third-order valence-electron chi connectivity index (χ3n) is 7.54. The molecule has 3 unspecified atom stereocenters. The van der Waals surface area contributed by atoms with Crippen molar-refractivity contribution < 1.29 is 0 Å². The number of hydrogen-bond acceptors (Lipinski definition) is 1. The molecule has 21 heavy (non-hydrogen) atoms. The van der Waals surface area contributed by atoms with Crippen LogP contribution in [0, 0.1) is 28.6 Å². The molecule has 0 amide bonds. The van der Waals surface area contributed by atoms with Gasteiger partial charge in [0.2, 0.25) is 0 Å². The number of hydrogen-bond donors (Lipinski definition) is 1. The summed E-state index contributed by atoms with van der Waals surface area (Å²) in [5.74, 6) is 3.14. The fourth-order valence-electron chi connectivity index (χ4n) is 7.64. The van der Waals surface area contributed by atoms with Crippen molar-refractivity contribution in [1.82, 2.24) is 5.32 Å². The van der Waals surface area contributed by atoms with Crippen LogP contribution < -0.4 is 5.32 Å². The van der Waals surface area contributed by atoms with Gasteiger partial charge in [0.05, 0.1) is 0 Å². The van der Waals surface area contributed by atoms with Crippen molar-refractivity contribution in [1.29, 1.82) is 0 Å². The second-order valence-electron chi connectivity index (χ2n) is 9.61. The quantitative estimate of drug-likeness (QED) is 0.738. The molecule has 120 valence electrons. The van der Waals surface area contributed by atoms with Crippen molar-refractivity contribution in [2.24, 2.45) is 28.6 Å². The molecule has 5 aliphatic rings. The highest BCUT2D eigenvalue weighted by Gasteiger charge is 2.59. The van der Waals surface area contributed by atoms with E-state index in [1.807, 2.05) is 0 Å². The van der Waals surface area contributed by atoms with E-state index in [0.717, 1.165) is 23.8 Å². The molecule has 3 atom stereocenters. The Labute approximate surface area is 131 Å². The summed E-state index contributed by atoms with van der Waals surface area (Å²) in [4.78, 5) is 0. The predicted molar refractivity (Wildman–Crippen MR) is 89.3 cm³/mol. The Kier molecular flexibility index (Phi) is 3.64. The average Bonchev–Trinajstić information content (AvgIpc) is 2.89. The van der Waals surface area contributed by atoms with Crippen molar-refractivity contribution >= 4 is 0 Å². The van der Waals surface area contributed by atoms with Gasteiger partial charge in [0.1, 0.15) is 0 Å². The van der Waals surface area contributed by atoms with Crippen LogP contribution in [0.1, 0.15) is 84.5 Å². The second-order valence-corrected chi connectivity index (χ2v) is 9.61. The Morgan fingerprint density at radius 1 is 1.05 bits per heavy atom. The van der Waals surface area contributed by atoms with Gasteiger partial charge >= 0.3 is 0 Å². The highest BCUT2D eigenvalue weighted by Crippen LogP contribution is 2.67. The molecule has 0 aromatic rings. The van der Waals surface area contributed by atoms with Gasteiger partial charge in [-0.3, -0.25) is 0 Å². The maximum absolute atomic E-state index is 4.09. The molecule has 1 N–H and O–H groups in total. The minimum Gasteiger partial charge on any atom is -0.313 e. The van der Waals surface area contributed by atoms with E-state index >= 15 is 0 Å². The summed E-state index contributed by atoms with van der Waals surface area (Å²) in [5, 5.41) is 4.09. The van der Waals surface area contributed by atoms with Crippen LogP contribution >= 0.6 is 0 Å². The first-order valence-corrected chi connectivity index (χ1v) is 9.86. The summed E-state index contributed by atoms with van der Waals surface area (Å²) >= 11 is 0. The van der Waals surface area contributed by atoms with Crippen molar-refractivity contribution in [2.75, 3.05) is 6.54 Å². The van der Waals surface area contributed by atoms with Gasteiger partial charge in [0, 0.05) is 6.04 Å². The standard InChI is InChI=1S/C20H35N/c1-3-8-21-18(17-6-4-5-7-17)20-12-15-9-16(13-20)11-19(2,10-15)14-20/h15-18,21H,3-14H2,1-2H3. The maximum Gasteiger partial charge on any atom is 0.0152 e. The Hall–Kier alpha value is -0.0400. The normalized spacial score (nSPS) is 47.1. The number of rotatable bonds is 5. The lowest BCUT2D eigenvalue weighted by Crippen LogP contribution is -2.60. The smallest absolute Gasteiger partial charge is 0.0152 e. The van der Waals surface area contributed by atoms with E-state index in [4.69, 9.17) is 0 Å².